The van der Waals surface area contributed by atoms with Crippen molar-refractivity contribution in [3.63, 3.8) is 0 Å². The van der Waals surface area contributed by atoms with Crippen LogP contribution in [0.1, 0.15) is 29.7 Å². The molecule has 6 rings (SSSR count). The van der Waals surface area contributed by atoms with Crippen LogP contribution in [0.4, 0.5) is 10.1 Å². The molecule has 5 aromatic rings. The fraction of sp³-hybridized carbons (Fsp3) is 0.0909. The summed E-state index contributed by atoms with van der Waals surface area (Å²) in [5, 5.41) is 1.71. The Morgan fingerprint density at radius 2 is 1.54 bits per heavy atom. The van der Waals surface area contributed by atoms with Gasteiger partial charge in [-0.2, -0.15) is 0 Å². The van der Waals surface area contributed by atoms with Crippen molar-refractivity contribution < 1.29 is 9.18 Å². The Morgan fingerprint density at radius 1 is 0.872 bits per heavy atom. The number of halogens is 1. The van der Waals surface area contributed by atoms with E-state index < -0.39 is 0 Å². The first-order valence-electron chi connectivity index (χ1n) is 12.8. The van der Waals surface area contributed by atoms with Crippen LogP contribution in [0.3, 0.4) is 0 Å². The van der Waals surface area contributed by atoms with Gasteiger partial charge in [-0.1, -0.05) is 78.9 Å². The molecule has 1 aromatic heterocycles. The summed E-state index contributed by atoms with van der Waals surface area (Å²) in [6.45, 7) is 2.63. The van der Waals surface area contributed by atoms with E-state index in [0.717, 1.165) is 33.3 Å². The van der Waals surface area contributed by atoms with Crippen molar-refractivity contribution in [2.75, 3.05) is 0 Å². The van der Waals surface area contributed by atoms with Crippen molar-refractivity contribution in [2.45, 2.75) is 19.5 Å². The summed E-state index contributed by atoms with van der Waals surface area (Å²) in [5.41, 5.74) is 4.86. The molecule has 0 aliphatic carbocycles. The normalized spacial score (nSPS) is 16.5. The number of benzene rings is 4. The Hall–Kier alpha value is -4.42. The maximum atomic E-state index is 13.9. The van der Waals surface area contributed by atoms with E-state index in [1.807, 2.05) is 85.8 Å². The molecule has 6 heteroatoms. The number of aliphatic imine (C=N–C) groups is 1. The van der Waals surface area contributed by atoms with Crippen molar-refractivity contribution in [1.82, 2.24) is 9.47 Å². The van der Waals surface area contributed by atoms with Gasteiger partial charge in [0.1, 0.15) is 5.82 Å². The van der Waals surface area contributed by atoms with Gasteiger partial charge in [0.05, 0.1) is 16.6 Å². The predicted molar refractivity (Wildman–Crippen MR) is 158 cm³/mol. The number of nitrogens with zero attached hydrogens (tertiary/aromatic N) is 3. The Morgan fingerprint density at radius 3 is 2.28 bits per heavy atom. The minimum Gasteiger partial charge on any atom is -0.342 e. The molecule has 1 amide bonds. The molecule has 4 aromatic carbocycles. The number of aromatic nitrogens is 1. The Kier molecular flexibility index (Phi) is 6.86. The minimum absolute atomic E-state index is 0.0681. The number of amidine groups is 1. The summed E-state index contributed by atoms with van der Waals surface area (Å²) in [5.74, 6) is -0.318. The van der Waals surface area contributed by atoms with E-state index in [4.69, 9.17) is 4.99 Å². The van der Waals surface area contributed by atoms with E-state index in [9.17, 15) is 9.18 Å². The largest absolute Gasteiger partial charge is 0.342 e. The molecule has 1 atom stereocenters. The number of hydrogen-bond acceptors (Lipinski definition) is 3. The maximum Gasteiger partial charge on any atom is 0.267 e. The molecule has 4 nitrogen and oxygen atoms in total. The van der Waals surface area contributed by atoms with Crippen LogP contribution in [0.5, 0.6) is 0 Å². The number of hydrogen-bond donors (Lipinski definition) is 0. The van der Waals surface area contributed by atoms with Crippen LogP contribution < -0.4 is 0 Å². The molecule has 0 saturated carbocycles. The predicted octanol–water partition coefficient (Wildman–Crippen LogP) is 8.19. The van der Waals surface area contributed by atoms with E-state index >= 15 is 0 Å². The first kappa shape index (κ1) is 24.9. The standard InChI is InChI=1S/C33H26FN3OS/c1-23(25-10-4-2-5-11-25)37-32(38)31(39-33(37)35-28-12-6-3-7-13-28)20-26-22-36(30-15-9-8-14-29(26)30)21-24-16-18-27(34)19-17-24/h2-20,22-23H,21H2,1H3/b31-20+,35-33?/t23-/m0/s1. The first-order chi connectivity index (χ1) is 19.1. The molecule has 1 aliphatic heterocycles. The molecular formula is C33H26FN3OS. The molecule has 39 heavy (non-hydrogen) atoms. The molecule has 0 N–H and O–H groups in total. The lowest BCUT2D eigenvalue weighted by Gasteiger charge is -2.24. The zero-order chi connectivity index (χ0) is 26.8. The zero-order valence-electron chi connectivity index (χ0n) is 21.4. The van der Waals surface area contributed by atoms with Gasteiger partial charge in [0.25, 0.3) is 5.91 Å². The van der Waals surface area contributed by atoms with E-state index in [0.29, 0.717) is 16.6 Å². The molecule has 1 saturated heterocycles. The lowest BCUT2D eigenvalue weighted by Crippen LogP contribution is -2.32. The van der Waals surface area contributed by atoms with E-state index in [-0.39, 0.29) is 17.8 Å². The number of fused-ring (bicyclic) bond motifs is 1. The second kappa shape index (κ2) is 10.8. The Bertz CT molecular complexity index is 1690. The smallest absolute Gasteiger partial charge is 0.267 e. The molecule has 2 heterocycles. The van der Waals surface area contributed by atoms with Crippen molar-refractivity contribution in [3.8, 4) is 0 Å². The molecule has 0 radical (unpaired) electrons. The van der Waals surface area contributed by atoms with Crippen molar-refractivity contribution >= 4 is 45.5 Å². The highest BCUT2D eigenvalue weighted by molar-refractivity contribution is 8.18. The van der Waals surface area contributed by atoms with Crippen LogP contribution in [0.2, 0.25) is 0 Å². The highest BCUT2D eigenvalue weighted by Crippen LogP contribution is 2.40. The monoisotopic (exact) mass is 531 g/mol. The summed E-state index contributed by atoms with van der Waals surface area (Å²) < 4.78 is 15.6. The molecule has 0 bridgehead atoms. The highest BCUT2D eigenvalue weighted by atomic mass is 32.2. The van der Waals surface area contributed by atoms with Gasteiger partial charge < -0.3 is 4.57 Å². The lowest BCUT2D eigenvalue weighted by molar-refractivity contribution is -0.123. The number of thioether (sulfide) groups is 1. The third-order valence-electron chi connectivity index (χ3n) is 6.86. The average Bonchev–Trinajstić information content (AvgIpc) is 3.47. The summed E-state index contributed by atoms with van der Waals surface area (Å²) in [4.78, 5) is 21.2. The van der Waals surface area contributed by atoms with Gasteiger partial charge in [0, 0.05) is 29.2 Å². The first-order valence-corrected chi connectivity index (χ1v) is 13.6. The number of rotatable bonds is 6. The van der Waals surface area contributed by atoms with Crippen LogP contribution in [0.15, 0.2) is 125 Å². The van der Waals surface area contributed by atoms with Crippen molar-refractivity contribution in [2.24, 2.45) is 4.99 Å². The molecule has 0 spiro atoms. The van der Waals surface area contributed by atoms with Gasteiger partial charge in [-0.25, -0.2) is 9.38 Å². The molecular weight excluding hydrogens is 505 g/mol. The summed E-state index contributed by atoms with van der Waals surface area (Å²) in [6.07, 6.45) is 4.03. The van der Waals surface area contributed by atoms with Gasteiger partial charge in [-0.15, -0.1) is 0 Å². The van der Waals surface area contributed by atoms with E-state index in [1.165, 1.54) is 23.9 Å². The third kappa shape index (κ3) is 5.16. The Labute approximate surface area is 231 Å². The second-order valence-electron chi connectivity index (χ2n) is 9.46. The molecule has 1 fully saturated rings. The topological polar surface area (TPSA) is 37.6 Å². The molecule has 0 unspecified atom stereocenters. The molecule has 1 aliphatic rings. The second-order valence-corrected chi connectivity index (χ2v) is 10.5. The average molecular weight is 532 g/mol. The highest BCUT2D eigenvalue weighted by Gasteiger charge is 2.37. The SMILES string of the molecule is C[C@@H](c1ccccc1)N1C(=O)/C(=C\c2cn(Cc3ccc(F)cc3)c3ccccc23)SC1=Nc1ccccc1. The van der Waals surface area contributed by atoms with Gasteiger partial charge in [-0.05, 0) is 66.2 Å². The molecule has 192 valence electrons. The van der Waals surface area contributed by atoms with Crippen LogP contribution in [0, 0.1) is 5.82 Å². The van der Waals surface area contributed by atoms with Crippen molar-refractivity contribution in [1.29, 1.82) is 0 Å². The maximum absolute atomic E-state index is 13.9. The fourth-order valence-corrected chi connectivity index (χ4v) is 5.91. The summed E-state index contributed by atoms with van der Waals surface area (Å²) in [6, 6.07) is 34.2. The van der Waals surface area contributed by atoms with Crippen LogP contribution in [-0.2, 0) is 11.3 Å². The van der Waals surface area contributed by atoms with Crippen LogP contribution >= 0.6 is 11.8 Å². The summed E-state index contributed by atoms with van der Waals surface area (Å²) in [7, 11) is 0. The number of carbonyl (C=O) groups excluding carboxylic acids is 1. The van der Waals surface area contributed by atoms with Gasteiger partial charge in [0.15, 0.2) is 5.17 Å². The lowest BCUT2D eigenvalue weighted by atomic mass is 10.1. The minimum atomic E-state index is -0.249. The van der Waals surface area contributed by atoms with Crippen molar-refractivity contribution in [3.05, 3.63) is 143 Å². The number of carbonyl (C=O) groups is 1. The fourth-order valence-electron chi connectivity index (χ4n) is 4.85. The van der Waals surface area contributed by atoms with Gasteiger partial charge >= 0.3 is 0 Å². The third-order valence-corrected chi connectivity index (χ3v) is 7.84. The quantitative estimate of drug-likeness (QED) is 0.207. The summed E-state index contributed by atoms with van der Waals surface area (Å²) >= 11 is 1.40. The van der Waals surface area contributed by atoms with Gasteiger partial charge in [-0.3, -0.25) is 9.69 Å². The number of amides is 1. The van der Waals surface area contributed by atoms with Gasteiger partial charge in [0.2, 0.25) is 0 Å². The van der Waals surface area contributed by atoms with E-state index in [2.05, 4.69) is 22.9 Å². The van der Waals surface area contributed by atoms with Crippen LogP contribution in [0.25, 0.3) is 17.0 Å². The Balaban J connectivity index is 1.40. The number of para-hydroxylation sites is 2. The van der Waals surface area contributed by atoms with Crippen LogP contribution in [-0.4, -0.2) is 20.5 Å². The van der Waals surface area contributed by atoms with E-state index in [1.54, 1.807) is 17.0 Å². The zero-order valence-corrected chi connectivity index (χ0v) is 22.2.